The van der Waals surface area contributed by atoms with Gasteiger partial charge in [-0.25, -0.2) is 4.39 Å². The summed E-state index contributed by atoms with van der Waals surface area (Å²) in [6.07, 6.45) is 2.90. The zero-order chi connectivity index (χ0) is 9.84. The Hall–Kier alpha value is -0.960. The van der Waals surface area contributed by atoms with Crippen LogP contribution in [0.1, 0.15) is 32.4 Å². The molecule has 2 nitrogen and oxygen atoms in total. The summed E-state index contributed by atoms with van der Waals surface area (Å²) in [4.78, 5) is 3.80. The third kappa shape index (κ3) is 3.11. The standard InChI is InChI=1S/C10H15FN2/c1-7(2)13-8(3)9-4-10(11)6-12-5-9/h4-8,13H,1-3H3. The van der Waals surface area contributed by atoms with Gasteiger partial charge in [0.05, 0.1) is 6.20 Å². The van der Waals surface area contributed by atoms with Crippen molar-refractivity contribution in [3.63, 3.8) is 0 Å². The Morgan fingerprint density at radius 3 is 2.54 bits per heavy atom. The average Bonchev–Trinajstić information content (AvgIpc) is 2.03. The van der Waals surface area contributed by atoms with Crippen LogP contribution in [0.5, 0.6) is 0 Å². The Bertz CT molecular complexity index is 273. The first-order valence-electron chi connectivity index (χ1n) is 4.46. The first kappa shape index (κ1) is 10.1. The lowest BCUT2D eigenvalue weighted by Crippen LogP contribution is -2.26. The molecule has 1 unspecified atom stereocenters. The zero-order valence-corrected chi connectivity index (χ0v) is 8.21. The van der Waals surface area contributed by atoms with Crippen molar-refractivity contribution >= 4 is 0 Å². The highest BCUT2D eigenvalue weighted by Crippen LogP contribution is 2.12. The molecule has 13 heavy (non-hydrogen) atoms. The van der Waals surface area contributed by atoms with Crippen LogP contribution in [0.4, 0.5) is 4.39 Å². The van der Waals surface area contributed by atoms with Crippen molar-refractivity contribution in [2.24, 2.45) is 0 Å². The predicted molar refractivity (Wildman–Crippen MR) is 50.9 cm³/mol. The number of nitrogens with one attached hydrogen (secondary N) is 1. The van der Waals surface area contributed by atoms with Crippen molar-refractivity contribution in [3.05, 3.63) is 29.8 Å². The summed E-state index contributed by atoms with van der Waals surface area (Å²) < 4.78 is 12.8. The van der Waals surface area contributed by atoms with Gasteiger partial charge in [-0.1, -0.05) is 13.8 Å². The monoisotopic (exact) mass is 182 g/mol. The maximum Gasteiger partial charge on any atom is 0.141 e. The van der Waals surface area contributed by atoms with E-state index in [0.29, 0.717) is 6.04 Å². The van der Waals surface area contributed by atoms with Crippen LogP contribution in [-0.4, -0.2) is 11.0 Å². The van der Waals surface area contributed by atoms with E-state index in [1.54, 1.807) is 6.20 Å². The summed E-state index contributed by atoms with van der Waals surface area (Å²) >= 11 is 0. The molecule has 0 bridgehead atoms. The molecule has 0 aliphatic rings. The van der Waals surface area contributed by atoms with E-state index in [-0.39, 0.29) is 11.9 Å². The second-order valence-electron chi connectivity index (χ2n) is 3.48. The molecule has 0 aliphatic carbocycles. The minimum Gasteiger partial charge on any atom is -0.308 e. The normalized spacial score (nSPS) is 13.3. The van der Waals surface area contributed by atoms with Crippen LogP contribution in [0, 0.1) is 5.82 Å². The van der Waals surface area contributed by atoms with E-state index in [9.17, 15) is 4.39 Å². The van der Waals surface area contributed by atoms with Crippen LogP contribution in [0.25, 0.3) is 0 Å². The van der Waals surface area contributed by atoms with Gasteiger partial charge in [0.25, 0.3) is 0 Å². The van der Waals surface area contributed by atoms with Gasteiger partial charge in [-0.2, -0.15) is 0 Å². The zero-order valence-electron chi connectivity index (χ0n) is 8.21. The van der Waals surface area contributed by atoms with E-state index in [4.69, 9.17) is 0 Å². The van der Waals surface area contributed by atoms with Gasteiger partial charge < -0.3 is 5.32 Å². The molecule has 3 heteroatoms. The highest BCUT2D eigenvalue weighted by atomic mass is 19.1. The number of pyridine rings is 1. The molecule has 0 spiro atoms. The van der Waals surface area contributed by atoms with Crippen molar-refractivity contribution in [3.8, 4) is 0 Å². The Labute approximate surface area is 78.2 Å². The number of hydrogen-bond acceptors (Lipinski definition) is 2. The first-order valence-corrected chi connectivity index (χ1v) is 4.46. The van der Waals surface area contributed by atoms with Crippen molar-refractivity contribution in [2.45, 2.75) is 32.9 Å². The molecular formula is C10H15FN2. The molecule has 0 aromatic carbocycles. The fourth-order valence-corrected chi connectivity index (χ4v) is 1.26. The van der Waals surface area contributed by atoms with Crippen molar-refractivity contribution in [1.29, 1.82) is 0 Å². The predicted octanol–water partition coefficient (Wildman–Crippen LogP) is 2.28. The topological polar surface area (TPSA) is 24.9 Å². The van der Waals surface area contributed by atoms with E-state index in [0.717, 1.165) is 5.56 Å². The minimum atomic E-state index is -0.282. The van der Waals surface area contributed by atoms with Gasteiger partial charge in [0.1, 0.15) is 5.82 Å². The number of rotatable bonds is 3. The molecule has 1 aromatic heterocycles. The second kappa shape index (κ2) is 4.33. The van der Waals surface area contributed by atoms with Gasteiger partial charge in [0, 0.05) is 18.3 Å². The molecule has 1 N–H and O–H groups in total. The molecule has 0 amide bonds. The minimum absolute atomic E-state index is 0.142. The lowest BCUT2D eigenvalue weighted by atomic mass is 10.1. The third-order valence-corrected chi connectivity index (χ3v) is 1.81. The summed E-state index contributed by atoms with van der Waals surface area (Å²) in [6.45, 7) is 6.11. The summed E-state index contributed by atoms with van der Waals surface area (Å²) in [7, 11) is 0. The number of hydrogen-bond donors (Lipinski definition) is 1. The molecule has 1 heterocycles. The molecule has 0 radical (unpaired) electrons. The fourth-order valence-electron chi connectivity index (χ4n) is 1.26. The van der Waals surface area contributed by atoms with E-state index in [2.05, 4.69) is 24.1 Å². The Morgan fingerprint density at radius 1 is 1.31 bits per heavy atom. The summed E-state index contributed by atoms with van der Waals surface area (Å²) in [5.41, 5.74) is 0.883. The number of nitrogens with zero attached hydrogens (tertiary/aromatic N) is 1. The Balaban J connectivity index is 2.71. The third-order valence-electron chi connectivity index (χ3n) is 1.81. The second-order valence-corrected chi connectivity index (χ2v) is 3.48. The van der Waals surface area contributed by atoms with Crippen LogP contribution in [0.2, 0.25) is 0 Å². The number of halogens is 1. The Kier molecular flexibility index (Phi) is 3.37. The highest BCUT2D eigenvalue weighted by molar-refractivity contribution is 5.14. The molecule has 0 aliphatic heterocycles. The van der Waals surface area contributed by atoms with Gasteiger partial charge in [0.15, 0.2) is 0 Å². The highest BCUT2D eigenvalue weighted by Gasteiger charge is 2.07. The largest absolute Gasteiger partial charge is 0.308 e. The summed E-state index contributed by atoms with van der Waals surface area (Å²) in [6, 6.07) is 2.04. The maximum atomic E-state index is 12.8. The molecule has 1 atom stereocenters. The van der Waals surface area contributed by atoms with Gasteiger partial charge in [-0.15, -0.1) is 0 Å². The van der Waals surface area contributed by atoms with Gasteiger partial charge in [-0.05, 0) is 18.6 Å². The average molecular weight is 182 g/mol. The summed E-state index contributed by atoms with van der Waals surface area (Å²) in [5, 5.41) is 3.28. The smallest absolute Gasteiger partial charge is 0.141 e. The van der Waals surface area contributed by atoms with E-state index in [1.807, 2.05) is 6.92 Å². The summed E-state index contributed by atoms with van der Waals surface area (Å²) in [5.74, 6) is -0.282. The molecule has 0 fully saturated rings. The Morgan fingerprint density at radius 2 is 2.00 bits per heavy atom. The van der Waals surface area contributed by atoms with Crippen molar-refractivity contribution in [1.82, 2.24) is 10.3 Å². The number of aromatic nitrogens is 1. The van der Waals surface area contributed by atoms with Crippen molar-refractivity contribution in [2.75, 3.05) is 0 Å². The lowest BCUT2D eigenvalue weighted by molar-refractivity contribution is 0.501. The molecule has 0 saturated carbocycles. The van der Waals surface area contributed by atoms with E-state index >= 15 is 0 Å². The molecule has 1 rings (SSSR count). The molecular weight excluding hydrogens is 167 g/mol. The van der Waals surface area contributed by atoms with Gasteiger partial charge >= 0.3 is 0 Å². The first-order chi connectivity index (χ1) is 6.09. The fraction of sp³-hybridized carbons (Fsp3) is 0.500. The SMILES string of the molecule is CC(C)NC(C)c1cncc(F)c1. The molecule has 1 aromatic rings. The van der Waals surface area contributed by atoms with Crippen LogP contribution in [0.15, 0.2) is 18.5 Å². The van der Waals surface area contributed by atoms with Crippen LogP contribution in [-0.2, 0) is 0 Å². The molecule has 0 saturated heterocycles. The van der Waals surface area contributed by atoms with Gasteiger partial charge in [0.2, 0.25) is 0 Å². The maximum absolute atomic E-state index is 12.8. The van der Waals surface area contributed by atoms with Crippen LogP contribution < -0.4 is 5.32 Å². The van der Waals surface area contributed by atoms with Crippen molar-refractivity contribution < 1.29 is 4.39 Å². The van der Waals surface area contributed by atoms with Crippen LogP contribution in [0.3, 0.4) is 0 Å². The molecule has 72 valence electrons. The van der Waals surface area contributed by atoms with Gasteiger partial charge in [-0.3, -0.25) is 4.98 Å². The quantitative estimate of drug-likeness (QED) is 0.775. The van der Waals surface area contributed by atoms with E-state index < -0.39 is 0 Å². The van der Waals surface area contributed by atoms with E-state index in [1.165, 1.54) is 12.3 Å². The van der Waals surface area contributed by atoms with Crippen LogP contribution >= 0.6 is 0 Å². The lowest BCUT2D eigenvalue weighted by Gasteiger charge is -2.16.